The second-order valence-corrected chi connectivity index (χ2v) is 5.71. The van der Waals surface area contributed by atoms with Gasteiger partial charge >= 0.3 is 0 Å². The van der Waals surface area contributed by atoms with E-state index in [2.05, 4.69) is 20.9 Å². The van der Waals surface area contributed by atoms with Crippen molar-refractivity contribution in [2.75, 3.05) is 26.2 Å². The molecule has 1 unspecified atom stereocenters. The Morgan fingerprint density at radius 3 is 2.65 bits per heavy atom. The van der Waals surface area contributed by atoms with Crippen LogP contribution in [0.5, 0.6) is 0 Å². The van der Waals surface area contributed by atoms with Gasteiger partial charge in [-0.2, -0.15) is 0 Å². The van der Waals surface area contributed by atoms with E-state index in [0.717, 1.165) is 18.4 Å². The van der Waals surface area contributed by atoms with E-state index in [1.54, 1.807) is 0 Å². The predicted molar refractivity (Wildman–Crippen MR) is 91.4 cm³/mol. The second kappa shape index (κ2) is 9.15. The topological polar surface area (TPSA) is 85.8 Å². The van der Waals surface area contributed by atoms with Crippen molar-refractivity contribution in [3.8, 4) is 0 Å². The van der Waals surface area contributed by atoms with Crippen molar-refractivity contribution in [2.45, 2.75) is 31.7 Å². The number of hydrogen-bond acceptors (Lipinski definition) is 3. The largest absolute Gasteiger partial charge is 0.396 e. The molecular weight excluding hydrogens is 292 g/mol. The predicted octanol–water partition coefficient (Wildman–Crippen LogP) is 0.596. The molecule has 1 amide bonds. The third kappa shape index (κ3) is 6.28. The highest BCUT2D eigenvalue weighted by Gasteiger charge is 2.22. The van der Waals surface area contributed by atoms with Gasteiger partial charge < -0.3 is 21.1 Å². The lowest BCUT2D eigenvalue weighted by molar-refractivity contribution is -0.119. The second-order valence-electron chi connectivity index (χ2n) is 5.71. The highest BCUT2D eigenvalue weighted by molar-refractivity contribution is 5.85. The summed E-state index contributed by atoms with van der Waals surface area (Å²) in [7, 11) is 0. The zero-order chi connectivity index (χ0) is 16.5. The van der Waals surface area contributed by atoms with Gasteiger partial charge in [-0.05, 0) is 25.3 Å². The Bertz CT molecular complexity index is 515. The number of aliphatic hydroxyl groups excluding tert-OH is 1. The maximum absolute atomic E-state index is 11.7. The fraction of sp³-hybridized carbons (Fsp3) is 0.529. The van der Waals surface area contributed by atoms with E-state index in [-0.39, 0.29) is 25.0 Å². The molecule has 6 heteroatoms. The fourth-order valence-electron chi connectivity index (χ4n) is 2.23. The van der Waals surface area contributed by atoms with Crippen molar-refractivity contribution in [1.29, 1.82) is 0 Å². The number of nitrogens with zero attached hydrogens (tertiary/aromatic N) is 1. The maximum Gasteiger partial charge on any atom is 0.242 e. The molecule has 0 radical (unpaired) electrons. The number of hydrogen-bond donors (Lipinski definition) is 4. The number of aliphatic imine (C=N–C) groups is 1. The van der Waals surface area contributed by atoms with Gasteiger partial charge in [0.2, 0.25) is 5.91 Å². The first-order valence-electron chi connectivity index (χ1n) is 8.20. The average molecular weight is 318 g/mol. The molecule has 0 aliphatic heterocycles. The highest BCUT2D eigenvalue weighted by atomic mass is 16.3. The molecule has 23 heavy (non-hydrogen) atoms. The molecule has 1 aliphatic carbocycles. The summed E-state index contributed by atoms with van der Waals surface area (Å²) in [4.78, 5) is 16.0. The summed E-state index contributed by atoms with van der Waals surface area (Å²) in [5.41, 5.74) is 1.07. The monoisotopic (exact) mass is 318 g/mol. The van der Waals surface area contributed by atoms with Crippen LogP contribution in [0.15, 0.2) is 35.3 Å². The number of aliphatic hydroxyl groups is 1. The zero-order valence-electron chi connectivity index (χ0n) is 13.6. The molecule has 6 nitrogen and oxygen atoms in total. The van der Waals surface area contributed by atoms with Crippen LogP contribution in [0.1, 0.15) is 31.2 Å². The molecule has 1 aromatic carbocycles. The quantitative estimate of drug-likeness (QED) is 0.418. The van der Waals surface area contributed by atoms with Crippen LogP contribution in [0.2, 0.25) is 0 Å². The fourth-order valence-corrected chi connectivity index (χ4v) is 2.23. The minimum atomic E-state index is -0.0496. The molecule has 0 spiro atoms. The molecule has 0 heterocycles. The Balaban J connectivity index is 1.85. The van der Waals surface area contributed by atoms with Gasteiger partial charge in [0.1, 0.15) is 6.54 Å². The third-order valence-corrected chi connectivity index (χ3v) is 3.67. The molecular formula is C17H26N4O2. The normalized spacial score (nSPS) is 15.8. The van der Waals surface area contributed by atoms with Gasteiger partial charge in [-0.15, -0.1) is 0 Å². The van der Waals surface area contributed by atoms with Crippen LogP contribution in [0.3, 0.4) is 0 Å². The lowest BCUT2D eigenvalue weighted by Gasteiger charge is -2.18. The van der Waals surface area contributed by atoms with Crippen LogP contribution in [0.25, 0.3) is 0 Å². The number of carbonyl (C=O) groups is 1. The summed E-state index contributed by atoms with van der Waals surface area (Å²) in [6.45, 7) is 3.41. The number of guanidine groups is 1. The van der Waals surface area contributed by atoms with Crippen molar-refractivity contribution in [3.05, 3.63) is 35.9 Å². The van der Waals surface area contributed by atoms with E-state index in [0.29, 0.717) is 25.1 Å². The van der Waals surface area contributed by atoms with Crippen LogP contribution in [-0.2, 0) is 4.79 Å². The summed E-state index contributed by atoms with van der Waals surface area (Å²) in [6.07, 6.45) is 2.14. The smallest absolute Gasteiger partial charge is 0.242 e. The summed E-state index contributed by atoms with van der Waals surface area (Å²) in [6, 6.07) is 10.2. The van der Waals surface area contributed by atoms with Gasteiger partial charge in [-0.25, -0.2) is 4.99 Å². The van der Waals surface area contributed by atoms with Crippen molar-refractivity contribution < 1.29 is 9.90 Å². The number of carbonyl (C=O) groups excluding carboxylic acids is 1. The van der Waals surface area contributed by atoms with E-state index in [9.17, 15) is 9.90 Å². The maximum atomic E-state index is 11.7. The number of benzene rings is 1. The minimum absolute atomic E-state index is 0.0136. The average Bonchev–Trinajstić information content (AvgIpc) is 3.38. The standard InChI is InChI=1S/C17H26N4O2/c1-2-18-17(20-11-16(23)21-15-8-9-15)19-10-14(12-22)13-6-4-3-5-7-13/h3-7,14-15,22H,2,8-12H2,1H3,(H,21,23)(H2,18,19,20). The van der Waals surface area contributed by atoms with Crippen LogP contribution in [0, 0.1) is 0 Å². The van der Waals surface area contributed by atoms with E-state index in [4.69, 9.17) is 0 Å². The molecule has 1 aliphatic rings. The van der Waals surface area contributed by atoms with Gasteiger partial charge in [0.15, 0.2) is 5.96 Å². The molecule has 1 saturated carbocycles. The summed E-state index contributed by atoms with van der Waals surface area (Å²) in [5.74, 6) is 0.527. The summed E-state index contributed by atoms with van der Waals surface area (Å²) in [5, 5.41) is 18.8. The van der Waals surface area contributed by atoms with E-state index < -0.39 is 0 Å². The summed E-state index contributed by atoms with van der Waals surface area (Å²) < 4.78 is 0. The number of rotatable bonds is 8. The molecule has 0 bridgehead atoms. The molecule has 1 fully saturated rings. The van der Waals surface area contributed by atoms with Gasteiger partial charge in [0.05, 0.1) is 6.61 Å². The molecule has 0 aromatic heterocycles. The Morgan fingerprint density at radius 1 is 1.30 bits per heavy atom. The van der Waals surface area contributed by atoms with Crippen molar-refractivity contribution in [2.24, 2.45) is 4.99 Å². The van der Waals surface area contributed by atoms with Gasteiger partial charge in [0.25, 0.3) is 0 Å². The number of nitrogens with one attached hydrogen (secondary N) is 3. The first kappa shape index (κ1) is 17.3. The molecule has 1 atom stereocenters. The van der Waals surface area contributed by atoms with Crippen LogP contribution >= 0.6 is 0 Å². The van der Waals surface area contributed by atoms with Crippen LogP contribution in [-0.4, -0.2) is 49.3 Å². The zero-order valence-corrected chi connectivity index (χ0v) is 13.6. The van der Waals surface area contributed by atoms with E-state index in [1.807, 2.05) is 37.3 Å². The SMILES string of the molecule is CCNC(=NCC(=O)NC1CC1)NCC(CO)c1ccccc1. The molecule has 2 rings (SSSR count). The summed E-state index contributed by atoms with van der Waals surface area (Å²) >= 11 is 0. The van der Waals surface area contributed by atoms with E-state index >= 15 is 0 Å². The molecule has 4 N–H and O–H groups in total. The first-order valence-corrected chi connectivity index (χ1v) is 8.20. The first-order chi connectivity index (χ1) is 11.2. The van der Waals surface area contributed by atoms with Gasteiger partial charge in [-0.1, -0.05) is 30.3 Å². The number of amides is 1. The lowest BCUT2D eigenvalue weighted by Crippen LogP contribution is -2.41. The van der Waals surface area contributed by atoms with Crippen LogP contribution in [0.4, 0.5) is 0 Å². The van der Waals surface area contributed by atoms with Crippen molar-refractivity contribution in [3.63, 3.8) is 0 Å². The Labute approximate surface area is 137 Å². The van der Waals surface area contributed by atoms with Gasteiger partial charge in [-0.3, -0.25) is 4.79 Å². The van der Waals surface area contributed by atoms with Crippen LogP contribution < -0.4 is 16.0 Å². The Hall–Kier alpha value is -2.08. The van der Waals surface area contributed by atoms with Crippen molar-refractivity contribution >= 4 is 11.9 Å². The molecule has 126 valence electrons. The van der Waals surface area contributed by atoms with E-state index in [1.165, 1.54) is 0 Å². The Morgan fingerprint density at radius 2 is 2.04 bits per heavy atom. The molecule has 0 saturated heterocycles. The highest BCUT2D eigenvalue weighted by Crippen LogP contribution is 2.18. The lowest BCUT2D eigenvalue weighted by atomic mass is 10.0. The van der Waals surface area contributed by atoms with Crippen molar-refractivity contribution in [1.82, 2.24) is 16.0 Å². The molecule has 1 aromatic rings. The Kier molecular flexibility index (Phi) is 6.87. The third-order valence-electron chi connectivity index (χ3n) is 3.67. The van der Waals surface area contributed by atoms with Gasteiger partial charge in [0, 0.05) is 25.0 Å². The minimum Gasteiger partial charge on any atom is -0.396 e.